The van der Waals surface area contributed by atoms with Crippen LogP contribution in [0.1, 0.15) is 59.8 Å². The summed E-state index contributed by atoms with van der Waals surface area (Å²) < 4.78 is 0. The van der Waals surface area contributed by atoms with Crippen LogP contribution in [0.2, 0.25) is 0 Å². The summed E-state index contributed by atoms with van der Waals surface area (Å²) in [5.74, 6) is 1.06. The second kappa shape index (κ2) is 7.13. The van der Waals surface area contributed by atoms with Crippen LogP contribution in [0.25, 0.3) is 0 Å². The van der Waals surface area contributed by atoms with Gasteiger partial charge in [0.1, 0.15) is 5.84 Å². The quantitative estimate of drug-likeness (QED) is 0.293. The Bertz CT molecular complexity index is 294. The Kier molecular flexibility index (Phi) is 6.11. The zero-order chi connectivity index (χ0) is 14.5. The van der Waals surface area contributed by atoms with Gasteiger partial charge in [0.2, 0.25) is 0 Å². The smallest absolute Gasteiger partial charge is 0.139 e. The molecule has 1 aliphatic carbocycles. The zero-order valence-electron chi connectivity index (χ0n) is 13.0. The highest BCUT2D eigenvalue weighted by atomic mass is 16.4. The Balaban J connectivity index is 2.66. The van der Waals surface area contributed by atoms with Gasteiger partial charge in [-0.1, -0.05) is 32.9 Å². The maximum Gasteiger partial charge on any atom is 0.139 e. The Labute approximate surface area is 118 Å². The lowest BCUT2D eigenvalue weighted by Gasteiger charge is -2.35. The fourth-order valence-corrected chi connectivity index (χ4v) is 3.03. The van der Waals surface area contributed by atoms with E-state index in [0.717, 1.165) is 19.5 Å². The van der Waals surface area contributed by atoms with Crippen LogP contribution in [0.15, 0.2) is 5.16 Å². The largest absolute Gasteiger partial charge is 0.409 e. The predicted molar refractivity (Wildman–Crippen MR) is 80.5 cm³/mol. The molecule has 0 unspecified atom stereocenters. The molecule has 0 aliphatic heterocycles. The van der Waals surface area contributed by atoms with Gasteiger partial charge in [0.05, 0.1) is 0 Å². The lowest BCUT2D eigenvalue weighted by molar-refractivity contribution is 0.134. The first-order valence-corrected chi connectivity index (χ1v) is 7.66. The highest BCUT2D eigenvalue weighted by Gasteiger charge is 2.45. The minimum Gasteiger partial charge on any atom is -0.409 e. The Morgan fingerprint density at radius 3 is 2.26 bits per heavy atom. The lowest BCUT2D eigenvalue weighted by Crippen LogP contribution is -2.42. The molecule has 0 amide bonds. The van der Waals surface area contributed by atoms with Crippen LogP contribution in [0.4, 0.5) is 0 Å². The summed E-state index contributed by atoms with van der Waals surface area (Å²) in [5, 5.41) is 11.9. The molecule has 1 aliphatic rings. The summed E-state index contributed by atoms with van der Waals surface area (Å²) in [6.45, 7) is 11.3. The number of hydrogen-bond acceptors (Lipinski definition) is 3. The molecule has 0 aromatic rings. The molecular formula is C15H31N3O. The Morgan fingerprint density at radius 2 is 1.89 bits per heavy atom. The normalized spacial score (nSPS) is 18.6. The molecule has 0 spiro atoms. The van der Waals surface area contributed by atoms with Gasteiger partial charge in [0.15, 0.2) is 0 Å². The van der Waals surface area contributed by atoms with E-state index in [0.29, 0.717) is 17.8 Å². The van der Waals surface area contributed by atoms with Crippen molar-refractivity contribution in [3.63, 3.8) is 0 Å². The molecule has 112 valence electrons. The molecular weight excluding hydrogens is 238 g/mol. The summed E-state index contributed by atoms with van der Waals surface area (Å²) in [7, 11) is 0. The van der Waals surface area contributed by atoms with E-state index in [-0.39, 0.29) is 5.41 Å². The van der Waals surface area contributed by atoms with Crippen molar-refractivity contribution in [2.75, 3.05) is 13.1 Å². The van der Waals surface area contributed by atoms with Crippen LogP contribution in [0, 0.1) is 11.3 Å². The molecule has 1 rings (SSSR count). The van der Waals surface area contributed by atoms with Crippen molar-refractivity contribution in [2.45, 2.75) is 65.8 Å². The topological polar surface area (TPSA) is 61.8 Å². The second-order valence-corrected chi connectivity index (χ2v) is 6.56. The summed E-state index contributed by atoms with van der Waals surface area (Å²) in [5.41, 5.74) is 5.97. The minimum absolute atomic E-state index is 0.272. The molecule has 0 bridgehead atoms. The van der Waals surface area contributed by atoms with E-state index in [4.69, 9.17) is 10.9 Å². The summed E-state index contributed by atoms with van der Waals surface area (Å²) in [6, 6.07) is 0.659. The average Bonchev–Trinajstić information content (AvgIpc) is 3.09. The first kappa shape index (κ1) is 16.3. The van der Waals surface area contributed by atoms with E-state index in [1.807, 2.05) is 0 Å². The van der Waals surface area contributed by atoms with E-state index >= 15 is 0 Å². The van der Waals surface area contributed by atoms with Crippen LogP contribution in [0.3, 0.4) is 0 Å². The number of amidine groups is 1. The van der Waals surface area contributed by atoms with E-state index in [2.05, 4.69) is 37.8 Å². The van der Waals surface area contributed by atoms with Crippen molar-refractivity contribution in [1.29, 1.82) is 0 Å². The van der Waals surface area contributed by atoms with Crippen LogP contribution in [0.5, 0.6) is 0 Å². The fourth-order valence-electron chi connectivity index (χ4n) is 3.03. The maximum atomic E-state index is 8.76. The second-order valence-electron chi connectivity index (χ2n) is 6.56. The molecule has 0 heterocycles. The van der Waals surface area contributed by atoms with Crippen LogP contribution >= 0.6 is 0 Å². The summed E-state index contributed by atoms with van der Waals surface area (Å²) in [6.07, 6.45) is 5.54. The number of hydrogen-bond donors (Lipinski definition) is 2. The van der Waals surface area contributed by atoms with Crippen LogP contribution in [-0.2, 0) is 0 Å². The van der Waals surface area contributed by atoms with Crippen molar-refractivity contribution < 1.29 is 5.21 Å². The van der Waals surface area contributed by atoms with Crippen molar-refractivity contribution in [3.05, 3.63) is 0 Å². The molecule has 4 heteroatoms. The highest BCUT2D eigenvalue weighted by molar-refractivity contribution is 5.80. The number of nitrogens with two attached hydrogens (primary N) is 1. The number of rotatable bonds is 9. The predicted octanol–water partition coefficient (Wildman–Crippen LogP) is 3.05. The van der Waals surface area contributed by atoms with Crippen LogP contribution < -0.4 is 5.73 Å². The van der Waals surface area contributed by atoms with Gasteiger partial charge in [-0.15, -0.1) is 0 Å². The first-order valence-electron chi connectivity index (χ1n) is 7.66. The van der Waals surface area contributed by atoms with Gasteiger partial charge in [-0.25, -0.2) is 0 Å². The average molecular weight is 269 g/mol. The molecule has 1 saturated carbocycles. The summed E-state index contributed by atoms with van der Waals surface area (Å²) >= 11 is 0. The monoisotopic (exact) mass is 269 g/mol. The third kappa shape index (κ3) is 5.01. The van der Waals surface area contributed by atoms with E-state index in [1.54, 1.807) is 0 Å². The van der Waals surface area contributed by atoms with E-state index in [9.17, 15) is 0 Å². The van der Waals surface area contributed by atoms with Gasteiger partial charge < -0.3 is 10.9 Å². The molecule has 0 aromatic carbocycles. The molecule has 3 N–H and O–H groups in total. The third-order valence-electron chi connectivity index (χ3n) is 4.24. The molecule has 0 saturated heterocycles. The SMILES string of the molecule is CCC(CC)N(CC(C)C)CC1(CC(N)=NO)CC1. The standard InChI is InChI=1S/C15H31N3O/c1-5-13(6-2)18(10-12(3)4)11-15(7-8-15)9-14(16)17-19/h12-13,19H,5-11H2,1-4H3,(H2,16,17). The minimum atomic E-state index is 0.272. The van der Waals surface area contributed by atoms with Crippen molar-refractivity contribution in [1.82, 2.24) is 4.90 Å². The van der Waals surface area contributed by atoms with Crippen LogP contribution in [-0.4, -0.2) is 35.1 Å². The maximum absolute atomic E-state index is 8.76. The van der Waals surface area contributed by atoms with Crippen molar-refractivity contribution in [2.24, 2.45) is 22.2 Å². The molecule has 0 radical (unpaired) electrons. The van der Waals surface area contributed by atoms with Gasteiger partial charge >= 0.3 is 0 Å². The fraction of sp³-hybridized carbons (Fsp3) is 0.933. The van der Waals surface area contributed by atoms with E-state index in [1.165, 1.54) is 25.7 Å². The Hall–Kier alpha value is -0.770. The third-order valence-corrected chi connectivity index (χ3v) is 4.24. The van der Waals surface area contributed by atoms with E-state index < -0.39 is 0 Å². The van der Waals surface area contributed by atoms with Gasteiger partial charge in [-0.3, -0.25) is 4.90 Å². The first-order chi connectivity index (χ1) is 8.96. The molecule has 19 heavy (non-hydrogen) atoms. The van der Waals surface area contributed by atoms with Gasteiger partial charge in [0, 0.05) is 25.6 Å². The molecule has 1 fully saturated rings. The zero-order valence-corrected chi connectivity index (χ0v) is 13.0. The molecule has 0 aromatic heterocycles. The van der Waals surface area contributed by atoms with Gasteiger partial charge in [0.25, 0.3) is 0 Å². The van der Waals surface area contributed by atoms with Crippen molar-refractivity contribution in [3.8, 4) is 0 Å². The highest BCUT2D eigenvalue weighted by Crippen LogP contribution is 2.49. The molecule has 0 atom stereocenters. The van der Waals surface area contributed by atoms with Gasteiger partial charge in [-0.2, -0.15) is 0 Å². The lowest BCUT2D eigenvalue weighted by atomic mass is 9.98. The molecule has 4 nitrogen and oxygen atoms in total. The Morgan fingerprint density at radius 1 is 1.32 bits per heavy atom. The van der Waals surface area contributed by atoms with Gasteiger partial charge in [-0.05, 0) is 37.0 Å². The number of oxime groups is 1. The van der Waals surface area contributed by atoms with Crippen molar-refractivity contribution >= 4 is 5.84 Å². The number of nitrogens with zero attached hydrogens (tertiary/aromatic N) is 2. The summed E-state index contributed by atoms with van der Waals surface area (Å²) in [4.78, 5) is 2.63.